The van der Waals surface area contributed by atoms with Crippen LogP contribution in [0.5, 0.6) is 0 Å². The van der Waals surface area contributed by atoms with Gasteiger partial charge in [-0.05, 0) is 42.4 Å². The fourth-order valence-electron chi connectivity index (χ4n) is 3.02. The van der Waals surface area contributed by atoms with Crippen LogP contribution in [0, 0.1) is 18.8 Å². The molecule has 2 atom stereocenters. The Morgan fingerprint density at radius 3 is 1.96 bits per heavy atom. The minimum Gasteiger partial charge on any atom is -0.388 e. The van der Waals surface area contributed by atoms with Crippen LogP contribution in [0.2, 0.25) is 0 Å². The summed E-state index contributed by atoms with van der Waals surface area (Å²) in [5, 5.41) is 19.4. The maximum absolute atomic E-state index is 11.8. The van der Waals surface area contributed by atoms with Crippen molar-refractivity contribution >= 4 is 5.91 Å². The van der Waals surface area contributed by atoms with Crippen LogP contribution < -0.4 is 5.48 Å². The molecule has 0 radical (unpaired) electrons. The zero-order chi connectivity index (χ0) is 18.4. The largest absolute Gasteiger partial charge is 0.388 e. The van der Waals surface area contributed by atoms with E-state index >= 15 is 0 Å². The second-order valence-corrected chi connectivity index (χ2v) is 7.04. The molecule has 134 valence electrons. The van der Waals surface area contributed by atoms with Gasteiger partial charge in [-0.3, -0.25) is 10.0 Å². The second kappa shape index (κ2) is 8.79. The Labute approximate surface area is 149 Å². The first-order chi connectivity index (χ1) is 11.9. The van der Waals surface area contributed by atoms with Crippen molar-refractivity contribution in [3.63, 3.8) is 0 Å². The zero-order valence-electron chi connectivity index (χ0n) is 15.1. The summed E-state index contributed by atoms with van der Waals surface area (Å²) in [6, 6.07) is 16.0. The molecule has 0 heterocycles. The van der Waals surface area contributed by atoms with Crippen LogP contribution in [0.15, 0.2) is 48.5 Å². The Morgan fingerprint density at radius 1 is 0.960 bits per heavy atom. The predicted molar refractivity (Wildman–Crippen MR) is 99.1 cm³/mol. The van der Waals surface area contributed by atoms with E-state index in [2.05, 4.69) is 31.2 Å². The van der Waals surface area contributed by atoms with Crippen LogP contribution in [0.4, 0.5) is 0 Å². The van der Waals surface area contributed by atoms with Crippen molar-refractivity contribution in [2.24, 2.45) is 11.8 Å². The fourth-order valence-corrected chi connectivity index (χ4v) is 3.02. The third-order valence-corrected chi connectivity index (χ3v) is 4.43. The molecule has 0 aliphatic rings. The number of carbonyl (C=O) groups is 1. The maximum atomic E-state index is 11.8. The Bertz CT molecular complexity index is 677. The number of aliphatic hydroxyl groups is 1. The third-order valence-electron chi connectivity index (χ3n) is 4.43. The number of hydroxylamine groups is 1. The van der Waals surface area contributed by atoms with Crippen LogP contribution in [0.3, 0.4) is 0 Å². The van der Waals surface area contributed by atoms with Gasteiger partial charge in [0.1, 0.15) is 0 Å². The number of amides is 1. The molecule has 3 N–H and O–H groups in total. The number of carbonyl (C=O) groups excluding carboxylic acids is 1. The lowest BCUT2D eigenvalue weighted by Gasteiger charge is -2.20. The van der Waals surface area contributed by atoms with Gasteiger partial charge in [-0.2, -0.15) is 0 Å². The second-order valence-electron chi connectivity index (χ2n) is 7.04. The highest BCUT2D eigenvalue weighted by molar-refractivity contribution is 5.77. The van der Waals surface area contributed by atoms with Gasteiger partial charge in [0.2, 0.25) is 5.91 Å². The topological polar surface area (TPSA) is 69.6 Å². The van der Waals surface area contributed by atoms with Crippen LogP contribution in [0.25, 0.3) is 11.1 Å². The lowest BCUT2D eigenvalue weighted by Crippen LogP contribution is -2.30. The lowest BCUT2D eigenvalue weighted by atomic mass is 9.89. The van der Waals surface area contributed by atoms with E-state index in [1.165, 1.54) is 5.56 Å². The monoisotopic (exact) mass is 341 g/mol. The molecular weight excluding hydrogens is 314 g/mol. The first-order valence-corrected chi connectivity index (χ1v) is 8.69. The highest BCUT2D eigenvalue weighted by Gasteiger charge is 2.23. The number of rotatable bonds is 7. The highest BCUT2D eigenvalue weighted by Crippen LogP contribution is 2.28. The van der Waals surface area contributed by atoms with Gasteiger partial charge in [-0.25, -0.2) is 5.48 Å². The molecule has 2 aromatic rings. The number of aliphatic hydroxyl groups excluding tert-OH is 1. The summed E-state index contributed by atoms with van der Waals surface area (Å²) in [5.41, 5.74) is 5.92. The van der Waals surface area contributed by atoms with E-state index in [0.29, 0.717) is 12.3 Å². The number of hydrogen-bond donors (Lipinski definition) is 3. The lowest BCUT2D eigenvalue weighted by molar-refractivity contribution is -0.135. The SMILES string of the molecule is Cc1ccc(-c2ccc(C(O)CC(CC(C)C)C(=O)NO)cc2)cc1. The van der Waals surface area contributed by atoms with Crippen molar-refractivity contribution in [2.45, 2.75) is 39.7 Å². The minimum absolute atomic E-state index is 0.286. The molecule has 4 heteroatoms. The molecular formula is C21H27NO3. The molecule has 0 saturated carbocycles. The zero-order valence-corrected chi connectivity index (χ0v) is 15.1. The van der Waals surface area contributed by atoms with Gasteiger partial charge in [0.25, 0.3) is 0 Å². The first kappa shape index (κ1) is 19.2. The number of nitrogens with one attached hydrogen (secondary N) is 1. The summed E-state index contributed by atoms with van der Waals surface area (Å²) < 4.78 is 0. The summed E-state index contributed by atoms with van der Waals surface area (Å²) in [6.07, 6.45) is 0.160. The van der Waals surface area contributed by atoms with Crippen LogP contribution in [-0.2, 0) is 4.79 Å². The summed E-state index contributed by atoms with van der Waals surface area (Å²) in [5.74, 6) is -0.556. The summed E-state index contributed by atoms with van der Waals surface area (Å²) >= 11 is 0. The van der Waals surface area contributed by atoms with Crippen LogP contribution in [-0.4, -0.2) is 16.2 Å². The van der Waals surface area contributed by atoms with E-state index in [0.717, 1.165) is 16.7 Å². The first-order valence-electron chi connectivity index (χ1n) is 8.69. The Morgan fingerprint density at radius 2 is 1.48 bits per heavy atom. The van der Waals surface area contributed by atoms with Crippen molar-refractivity contribution in [2.75, 3.05) is 0 Å². The molecule has 0 saturated heterocycles. The molecule has 4 nitrogen and oxygen atoms in total. The quantitative estimate of drug-likeness (QED) is 0.521. The number of aryl methyl sites for hydroxylation is 1. The fraction of sp³-hybridized carbons (Fsp3) is 0.381. The smallest absolute Gasteiger partial charge is 0.246 e. The Hall–Kier alpha value is -2.17. The third kappa shape index (κ3) is 5.41. The van der Waals surface area contributed by atoms with E-state index in [1.54, 1.807) is 5.48 Å². The van der Waals surface area contributed by atoms with Crippen LogP contribution >= 0.6 is 0 Å². The number of benzene rings is 2. The van der Waals surface area contributed by atoms with Crippen molar-refractivity contribution in [3.8, 4) is 11.1 Å². The van der Waals surface area contributed by atoms with Crippen molar-refractivity contribution in [1.29, 1.82) is 0 Å². The molecule has 0 aliphatic carbocycles. The van der Waals surface area contributed by atoms with E-state index in [4.69, 9.17) is 5.21 Å². The molecule has 0 bridgehead atoms. The van der Waals surface area contributed by atoms with Crippen molar-refractivity contribution in [1.82, 2.24) is 5.48 Å². The van der Waals surface area contributed by atoms with E-state index in [-0.39, 0.29) is 6.42 Å². The van der Waals surface area contributed by atoms with Gasteiger partial charge in [0.15, 0.2) is 0 Å². The molecule has 2 aromatic carbocycles. The van der Waals surface area contributed by atoms with Gasteiger partial charge >= 0.3 is 0 Å². The molecule has 25 heavy (non-hydrogen) atoms. The average Bonchev–Trinajstić information content (AvgIpc) is 2.61. The molecule has 2 unspecified atom stereocenters. The van der Waals surface area contributed by atoms with Crippen molar-refractivity contribution in [3.05, 3.63) is 59.7 Å². The molecule has 0 aliphatic heterocycles. The van der Waals surface area contributed by atoms with Crippen molar-refractivity contribution < 1.29 is 15.1 Å². The molecule has 1 amide bonds. The average molecular weight is 341 g/mol. The summed E-state index contributed by atoms with van der Waals surface area (Å²) in [7, 11) is 0. The molecule has 2 rings (SSSR count). The van der Waals surface area contributed by atoms with E-state index < -0.39 is 17.9 Å². The van der Waals surface area contributed by atoms with E-state index in [1.807, 2.05) is 38.1 Å². The summed E-state index contributed by atoms with van der Waals surface area (Å²) in [4.78, 5) is 11.8. The van der Waals surface area contributed by atoms with E-state index in [9.17, 15) is 9.90 Å². The van der Waals surface area contributed by atoms with Gasteiger partial charge in [-0.15, -0.1) is 0 Å². The molecule has 0 aromatic heterocycles. The highest BCUT2D eigenvalue weighted by atomic mass is 16.5. The number of hydrogen-bond acceptors (Lipinski definition) is 3. The standard InChI is InChI=1S/C21H27NO3/c1-14(2)12-19(21(24)22-25)13-20(23)18-10-8-17(9-11-18)16-6-4-15(3)5-7-16/h4-11,14,19-20,23,25H,12-13H2,1-3H3,(H,22,24). The minimum atomic E-state index is -0.742. The van der Waals surface area contributed by atoms with Gasteiger partial charge in [-0.1, -0.05) is 67.9 Å². The maximum Gasteiger partial charge on any atom is 0.246 e. The summed E-state index contributed by atoms with van der Waals surface area (Å²) in [6.45, 7) is 6.08. The molecule has 0 spiro atoms. The Kier molecular flexibility index (Phi) is 6.73. The predicted octanol–water partition coefficient (Wildman–Crippen LogP) is 4.25. The van der Waals surface area contributed by atoms with Gasteiger partial charge < -0.3 is 5.11 Å². The van der Waals surface area contributed by atoms with Gasteiger partial charge in [0, 0.05) is 5.92 Å². The van der Waals surface area contributed by atoms with Gasteiger partial charge in [0.05, 0.1) is 6.10 Å². The Balaban J connectivity index is 2.09. The van der Waals surface area contributed by atoms with Crippen LogP contribution in [0.1, 0.15) is 43.9 Å². The molecule has 0 fully saturated rings. The normalized spacial score (nSPS) is 13.5.